The summed E-state index contributed by atoms with van der Waals surface area (Å²) in [6.07, 6.45) is 0.430. The van der Waals surface area contributed by atoms with Gasteiger partial charge in [-0.3, -0.25) is 4.68 Å². The molecule has 1 aromatic heterocycles. The summed E-state index contributed by atoms with van der Waals surface area (Å²) in [6, 6.07) is 3.56. The van der Waals surface area contributed by atoms with E-state index in [1.165, 1.54) is 12.1 Å². The number of benzene rings is 1. The molecule has 0 aliphatic carbocycles. The van der Waals surface area contributed by atoms with Crippen molar-refractivity contribution >= 4 is 0 Å². The van der Waals surface area contributed by atoms with E-state index < -0.39 is 11.6 Å². The number of aliphatic hydroxyl groups excluding tert-OH is 1. The fraction of sp³-hybridized carbons (Fsp3) is 0.438. The van der Waals surface area contributed by atoms with Gasteiger partial charge in [0.05, 0.1) is 18.8 Å². The van der Waals surface area contributed by atoms with Crippen LogP contribution in [-0.2, 0) is 13.0 Å². The van der Waals surface area contributed by atoms with Crippen LogP contribution >= 0.6 is 0 Å². The lowest BCUT2D eigenvalue weighted by atomic mass is 9.98. The first-order valence-corrected chi connectivity index (χ1v) is 7.04. The maximum Gasteiger partial charge on any atom is 0.126 e. The lowest BCUT2D eigenvalue weighted by Crippen LogP contribution is -2.06. The van der Waals surface area contributed by atoms with Crippen LogP contribution in [0.1, 0.15) is 42.3 Å². The maximum atomic E-state index is 13.3. The van der Waals surface area contributed by atoms with Crippen LogP contribution < -0.4 is 0 Å². The van der Waals surface area contributed by atoms with E-state index in [4.69, 9.17) is 5.11 Å². The first-order chi connectivity index (χ1) is 9.92. The van der Waals surface area contributed by atoms with Gasteiger partial charge < -0.3 is 5.11 Å². The summed E-state index contributed by atoms with van der Waals surface area (Å²) in [5, 5.41) is 13.6. The lowest BCUT2D eigenvalue weighted by Gasteiger charge is -2.07. The highest BCUT2D eigenvalue weighted by Gasteiger charge is 2.17. The third-order valence-electron chi connectivity index (χ3n) is 3.52. The zero-order valence-electron chi connectivity index (χ0n) is 12.5. The van der Waals surface area contributed by atoms with E-state index >= 15 is 0 Å². The van der Waals surface area contributed by atoms with Crippen molar-refractivity contribution in [1.82, 2.24) is 9.78 Å². The fourth-order valence-corrected chi connectivity index (χ4v) is 2.52. The minimum Gasteiger partial charge on any atom is -0.394 e. The SMILES string of the molecule is Cc1c(Cc2cc(F)cc(F)c2)c(C(C)C)nn1CCO. The van der Waals surface area contributed by atoms with Gasteiger partial charge in [-0.25, -0.2) is 8.78 Å². The van der Waals surface area contributed by atoms with Gasteiger partial charge in [-0.1, -0.05) is 13.8 Å². The van der Waals surface area contributed by atoms with E-state index in [9.17, 15) is 8.78 Å². The van der Waals surface area contributed by atoms with Gasteiger partial charge in [0.15, 0.2) is 0 Å². The normalized spacial score (nSPS) is 11.4. The molecule has 1 aromatic carbocycles. The zero-order valence-corrected chi connectivity index (χ0v) is 12.5. The summed E-state index contributed by atoms with van der Waals surface area (Å²) in [6.45, 7) is 6.40. The van der Waals surface area contributed by atoms with Crippen LogP contribution in [0, 0.1) is 18.6 Å². The Kier molecular flexibility index (Phi) is 4.73. The highest BCUT2D eigenvalue weighted by Crippen LogP contribution is 2.25. The van der Waals surface area contributed by atoms with Crippen LogP contribution in [0.2, 0.25) is 0 Å². The second-order valence-electron chi connectivity index (χ2n) is 5.51. The Morgan fingerprint density at radius 1 is 1.19 bits per heavy atom. The summed E-state index contributed by atoms with van der Waals surface area (Å²) in [7, 11) is 0. The monoisotopic (exact) mass is 294 g/mol. The molecule has 2 rings (SSSR count). The topological polar surface area (TPSA) is 38.0 Å². The molecule has 21 heavy (non-hydrogen) atoms. The molecular weight excluding hydrogens is 274 g/mol. The fourth-order valence-electron chi connectivity index (χ4n) is 2.52. The van der Waals surface area contributed by atoms with E-state index in [0.717, 1.165) is 23.0 Å². The largest absolute Gasteiger partial charge is 0.394 e. The van der Waals surface area contributed by atoms with Crippen LogP contribution in [0.4, 0.5) is 8.78 Å². The molecule has 1 N–H and O–H groups in total. The van der Waals surface area contributed by atoms with Crippen molar-refractivity contribution in [3.63, 3.8) is 0 Å². The van der Waals surface area contributed by atoms with Crippen LogP contribution in [0.15, 0.2) is 18.2 Å². The second kappa shape index (κ2) is 6.35. The molecule has 0 unspecified atom stereocenters. The Morgan fingerprint density at radius 2 is 1.81 bits per heavy atom. The van der Waals surface area contributed by atoms with Crippen molar-refractivity contribution in [3.8, 4) is 0 Å². The van der Waals surface area contributed by atoms with Gasteiger partial charge in [0.2, 0.25) is 0 Å². The van der Waals surface area contributed by atoms with Gasteiger partial charge in [-0.2, -0.15) is 5.10 Å². The molecule has 5 heteroatoms. The standard InChI is InChI=1S/C16H20F2N2O/c1-10(2)16-15(11(3)20(19-16)4-5-21)8-12-6-13(17)9-14(18)7-12/h6-7,9-10,21H,4-5,8H2,1-3H3. The molecule has 0 bridgehead atoms. The van der Waals surface area contributed by atoms with Crippen LogP contribution in [0.5, 0.6) is 0 Å². The number of halogens is 2. The van der Waals surface area contributed by atoms with Crippen LogP contribution in [0.25, 0.3) is 0 Å². The minimum absolute atomic E-state index is 0.00802. The highest BCUT2D eigenvalue weighted by molar-refractivity contribution is 5.34. The Balaban J connectivity index is 2.42. The summed E-state index contributed by atoms with van der Waals surface area (Å²) in [5.41, 5.74) is 3.40. The summed E-state index contributed by atoms with van der Waals surface area (Å²) in [4.78, 5) is 0. The summed E-state index contributed by atoms with van der Waals surface area (Å²) < 4.78 is 28.4. The third-order valence-corrected chi connectivity index (χ3v) is 3.52. The van der Waals surface area contributed by atoms with Gasteiger partial charge >= 0.3 is 0 Å². The average molecular weight is 294 g/mol. The number of nitrogens with zero attached hydrogens (tertiary/aromatic N) is 2. The molecule has 3 nitrogen and oxygen atoms in total. The molecule has 0 spiro atoms. The van der Waals surface area contributed by atoms with E-state index in [2.05, 4.69) is 5.10 Å². The molecule has 0 saturated carbocycles. The number of hydrogen-bond donors (Lipinski definition) is 1. The smallest absolute Gasteiger partial charge is 0.126 e. The molecule has 0 radical (unpaired) electrons. The molecule has 2 aromatic rings. The number of aliphatic hydroxyl groups is 1. The molecule has 0 saturated heterocycles. The maximum absolute atomic E-state index is 13.3. The van der Waals surface area contributed by atoms with Crippen molar-refractivity contribution in [2.75, 3.05) is 6.61 Å². The number of aromatic nitrogens is 2. The quantitative estimate of drug-likeness (QED) is 0.919. The minimum atomic E-state index is -0.573. The van der Waals surface area contributed by atoms with Gasteiger partial charge in [-0.05, 0) is 30.5 Å². The van der Waals surface area contributed by atoms with Gasteiger partial charge in [0.1, 0.15) is 11.6 Å². The molecule has 0 amide bonds. The van der Waals surface area contributed by atoms with Gasteiger partial charge in [0.25, 0.3) is 0 Å². The van der Waals surface area contributed by atoms with Crippen molar-refractivity contribution in [2.24, 2.45) is 0 Å². The molecule has 0 aliphatic heterocycles. The Bertz CT molecular complexity index is 615. The summed E-state index contributed by atoms with van der Waals surface area (Å²) >= 11 is 0. The van der Waals surface area contributed by atoms with Crippen molar-refractivity contribution in [3.05, 3.63) is 52.3 Å². The zero-order chi connectivity index (χ0) is 15.6. The van der Waals surface area contributed by atoms with Gasteiger partial charge in [-0.15, -0.1) is 0 Å². The predicted molar refractivity (Wildman–Crippen MR) is 77.3 cm³/mol. The van der Waals surface area contributed by atoms with E-state index in [1.54, 1.807) is 4.68 Å². The summed E-state index contributed by atoms with van der Waals surface area (Å²) in [5.74, 6) is -0.940. The highest BCUT2D eigenvalue weighted by atomic mass is 19.1. The van der Waals surface area contributed by atoms with E-state index in [0.29, 0.717) is 18.5 Å². The first-order valence-electron chi connectivity index (χ1n) is 7.04. The number of rotatable bonds is 5. The molecule has 114 valence electrons. The average Bonchev–Trinajstić information content (AvgIpc) is 2.67. The van der Waals surface area contributed by atoms with E-state index in [-0.39, 0.29) is 12.5 Å². The van der Waals surface area contributed by atoms with Crippen molar-refractivity contribution < 1.29 is 13.9 Å². The van der Waals surface area contributed by atoms with E-state index in [1.807, 2.05) is 20.8 Å². The van der Waals surface area contributed by atoms with Crippen LogP contribution in [0.3, 0.4) is 0 Å². The molecule has 0 aliphatic rings. The lowest BCUT2D eigenvalue weighted by molar-refractivity contribution is 0.267. The van der Waals surface area contributed by atoms with Crippen LogP contribution in [-0.4, -0.2) is 21.5 Å². The Hall–Kier alpha value is -1.75. The Labute approximate surface area is 123 Å². The molecule has 0 atom stereocenters. The van der Waals surface area contributed by atoms with Crippen molar-refractivity contribution in [2.45, 2.75) is 39.7 Å². The second-order valence-corrected chi connectivity index (χ2v) is 5.51. The first kappa shape index (κ1) is 15.6. The third kappa shape index (κ3) is 3.47. The molecule has 1 heterocycles. The van der Waals surface area contributed by atoms with Crippen molar-refractivity contribution in [1.29, 1.82) is 0 Å². The number of hydrogen-bond acceptors (Lipinski definition) is 2. The Morgan fingerprint density at radius 3 is 2.33 bits per heavy atom. The molecule has 0 fully saturated rings. The predicted octanol–water partition coefficient (Wildman–Crippen LogP) is 3.18. The van der Waals surface area contributed by atoms with Gasteiger partial charge in [0, 0.05) is 23.7 Å². The molecular formula is C16H20F2N2O.